The van der Waals surface area contributed by atoms with Crippen molar-refractivity contribution in [3.05, 3.63) is 96.8 Å². The highest BCUT2D eigenvalue weighted by atomic mass is 35.5. The molecule has 0 aliphatic carbocycles. The molecule has 0 fully saturated rings. The molecule has 1 aliphatic heterocycles. The molecule has 3 aromatic carbocycles. The quantitative estimate of drug-likeness (QED) is 0.158. The normalized spacial score (nSPS) is 12.9. The van der Waals surface area contributed by atoms with Gasteiger partial charge in [-0.25, -0.2) is 4.98 Å². The molecule has 0 spiro atoms. The highest BCUT2D eigenvalue weighted by Crippen LogP contribution is 2.36. The SMILES string of the molecule is Cc1ccc(-n2c(SCc3cc([N+](=O)[O-])cc4c3OCOC4)nc3cc(Cl)ccc3c2=O)cc1. The monoisotopic (exact) mass is 495 g/mol. The second-order valence-corrected chi connectivity index (χ2v) is 9.16. The summed E-state index contributed by atoms with van der Waals surface area (Å²) in [6.07, 6.45) is 0. The van der Waals surface area contributed by atoms with Gasteiger partial charge in [0.25, 0.3) is 11.2 Å². The summed E-state index contributed by atoms with van der Waals surface area (Å²) in [5.41, 5.74) is 3.20. The van der Waals surface area contributed by atoms with Gasteiger partial charge in [0, 0.05) is 34.0 Å². The second-order valence-electron chi connectivity index (χ2n) is 7.78. The molecular formula is C24H18ClN3O5S. The average Bonchev–Trinajstić information content (AvgIpc) is 2.83. The molecule has 10 heteroatoms. The number of hydrogen-bond acceptors (Lipinski definition) is 7. The number of halogens is 1. The van der Waals surface area contributed by atoms with Crippen LogP contribution in [0, 0.1) is 17.0 Å². The highest BCUT2D eigenvalue weighted by molar-refractivity contribution is 7.98. The Balaban J connectivity index is 1.62. The molecule has 0 atom stereocenters. The van der Waals surface area contributed by atoms with Crippen LogP contribution in [0.15, 0.2) is 64.5 Å². The molecule has 8 nitrogen and oxygen atoms in total. The van der Waals surface area contributed by atoms with Crippen molar-refractivity contribution in [2.75, 3.05) is 6.79 Å². The van der Waals surface area contributed by atoms with Crippen molar-refractivity contribution < 1.29 is 14.4 Å². The van der Waals surface area contributed by atoms with Crippen molar-refractivity contribution in [3.63, 3.8) is 0 Å². The summed E-state index contributed by atoms with van der Waals surface area (Å²) >= 11 is 7.44. The van der Waals surface area contributed by atoms with Gasteiger partial charge >= 0.3 is 0 Å². The second kappa shape index (κ2) is 9.09. The zero-order chi connectivity index (χ0) is 23.8. The highest BCUT2D eigenvalue weighted by Gasteiger charge is 2.22. The number of nitrogens with zero attached hydrogens (tertiary/aromatic N) is 3. The van der Waals surface area contributed by atoms with Crippen LogP contribution in [-0.2, 0) is 17.1 Å². The first-order chi connectivity index (χ1) is 16.4. The Bertz CT molecular complexity index is 1490. The van der Waals surface area contributed by atoms with E-state index >= 15 is 0 Å². The minimum absolute atomic E-state index is 0.0439. The fourth-order valence-electron chi connectivity index (χ4n) is 3.79. The Morgan fingerprint density at radius 3 is 2.74 bits per heavy atom. The summed E-state index contributed by atoms with van der Waals surface area (Å²) in [6, 6.07) is 15.5. The smallest absolute Gasteiger partial charge is 0.270 e. The molecule has 0 saturated carbocycles. The number of rotatable bonds is 5. The van der Waals surface area contributed by atoms with Gasteiger partial charge in [0.05, 0.1) is 28.1 Å². The first kappa shape index (κ1) is 22.4. The van der Waals surface area contributed by atoms with Gasteiger partial charge in [0.1, 0.15) is 5.75 Å². The summed E-state index contributed by atoms with van der Waals surface area (Å²) in [7, 11) is 0. The fraction of sp³-hybridized carbons (Fsp3) is 0.167. The predicted octanol–water partition coefficient (Wildman–Crippen LogP) is 5.41. The van der Waals surface area contributed by atoms with Gasteiger partial charge in [-0.2, -0.15) is 0 Å². The number of aryl methyl sites for hydroxylation is 1. The summed E-state index contributed by atoms with van der Waals surface area (Å²) in [6.45, 7) is 2.27. The van der Waals surface area contributed by atoms with Crippen LogP contribution in [0.1, 0.15) is 16.7 Å². The predicted molar refractivity (Wildman–Crippen MR) is 130 cm³/mol. The minimum atomic E-state index is -0.443. The standard InChI is InChI=1S/C24H18ClN3O5S/c1-14-2-5-18(6-3-14)27-23(29)20-7-4-17(25)10-21(20)26-24(27)34-12-16-9-19(28(30)31)8-15-11-32-13-33-22(15)16/h2-10H,11-13H2,1H3. The van der Waals surface area contributed by atoms with Crippen LogP contribution in [0.25, 0.3) is 16.6 Å². The minimum Gasteiger partial charge on any atom is -0.467 e. The number of aromatic nitrogens is 2. The first-order valence-corrected chi connectivity index (χ1v) is 11.7. The molecule has 4 aromatic rings. The van der Waals surface area contributed by atoms with Crippen LogP contribution in [0.5, 0.6) is 5.75 Å². The molecule has 0 N–H and O–H groups in total. The molecule has 0 radical (unpaired) electrons. The fourth-order valence-corrected chi connectivity index (χ4v) is 4.94. The van der Waals surface area contributed by atoms with Gasteiger partial charge < -0.3 is 9.47 Å². The Morgan fingerprint density at radius 1 is 1.18 bits per heavy atom. The molecule has 5 rings (SSSR count). The van der Waals surface area contributed by atoms with E-state index in [9.17, 15) is 14.9 Å². The molecule has 34 heavy (non-hydrogen) atoms. The van der Waals surface area contributed by atoms with Crippen molar-refractivity contribution in [1.29, 1.82) is 0 Å². The largest absolute Gasteiger partial charge is 0.467 e. The molecular weight excluding hydrogens is 478 g/mol. The van der Waals surface area contributed by atoms with E-state index in [1.165, 1.54) is 23.9 Å². The molecule has 0 bridgehead atoms. The van der Waals surface area contributed by atoms with Crippen molar-refractivity contribution in [2.45, 2.75) is 24.4 Å². The third-order valence-electron chi connectivity index (χ3n) is 5.43. The van der Waals surface area contributed by atoms with Gasteiger partial charge in [-0.05, 0) is 37.3 Å². The van der Waals surface area contributed by atoms with E-state index in [4.69, 9.17) is 26.1 Å². The molecule has 0 amide bonds. The van der Waals surface area contributed by atoms with Crippen LogP contribution >= 0.6 is 23.4 Å². The van der Waals surface area contributed by atoms with Gasteiger partial charge in [-0.15, -0.1) is 0 Å². The Labute approximate surface area is 203 Å². The summed E-state index contributed by atoms with van der Waals surface area (Å²) in [5, 5.41) is 12.8. The van der Waals surface area contributed by atoms with E-state index in [2.05, 4.69) is 0 Å². The number of fused-ring (bicyclic) bond motifs is 2. The van der Waals surface area contributed by atoms with Crippen molar-refractivity contribution in [2.24, 2.45) is 0 Å². The van der Waals surface area contributed by atoms with E-state index in [1.807, 2.05) is 31.2 Å². The summed E-state index contributed by atoms with van der Waals surface area (Å²) < 4.78 is 12.5. The number of thioether (sulfide) groups is 1. The van der Waals surface area contributed by atoms with Crippen molar-refractivity contribution in [1.82, 2.24) is 9.55 Å². The zero-order valence-corrected chi connectivity index (χ0v) is 19.6. The summed E-state index contributed by atoms with van der Waals surface area (Å²) in [5.74, 6) is 0.867. The number of non-ortho nitro benzene ring substituents is 1. The lowest BCUT2D eigenvalue weighted by atomic mass is 10.1. The average molecular weight is 496 g/mol. The Kier molecular flexibility index (Phi) is 5.99. The van der Waals surface area contributed by atoms with E-state index in [0.717, 1.165) is 5.56 Å². The van der Waals surface area contributed by atoms with E-state index in [1.54, 1.807) is 22.8 Å². The van der Waals surface area contributed by atoms with E-state index in [-0.39, 0.29) is 24.6 Å². The number of benzene rings is 3. The third-order valence-corrected chi connectivity index (χ3v) is 6.65. The zero-order valence-electron chi connectivity index (χ0n) is 18.0. The molecule has 172 valence electrons. The number of nitro benzene ring substituents is 1. The number of hydrogen-bond donors (Lipinski definition) is 0. The number of ether oxygens (including phenoxy) is 2. The van der Waals surface area contributed by atoms with Gasteiger partial charge in [-0.3, -0.25) is 19.5 Å². The number of nitro groups is 1. The maximum absolute atomic E-state index is 13.5. The Morgan fingerprint density at radius 2 is 1.97 bits per heavy atom. The van der Waals surface area contributed by atoms with Crippen LogP contribution in [0.4, 0.5) is 5.69 Å². The maximum atomic E-state index is 13.5. The van der Waals surface area contributed by atoms with Crippen LogP contribution < -0.4 is 10.3 Å². The lowest BCUT2D eigenvalue weighted by Gasteiger charge is -2.20. The molecule has 0 saturated heterocycles. The molecule has 1 aromatic heterocycles. The third kappa shape index (κ3) is 4.25. The first-order valence-electron chi connectivity index (χ1n) is 10.3. The van der Waals surface area contributed by atoms with Gasteiger partial charge in [0.2, 0.25) is 0 Å². The lowest BCUT2D eigenvalue weighted by molar-refractivity contribution is -0.385. The Hall–Kier alpha value is -3.40. The lowest BCUT2D eigenvalue weighted by Crippen LogP contribution is -2.21. The van der Waals surface area contributed by atoms with Crippen LogP contribution in [0.2, 0.25) is 5.02 Å². The maximum Gasteiger partial charge on any atom is 0.270 e. The molecule has 1 aliphatic rings. The molecule has 0 unspecified atom stereocenters. The van der Waals surface area contributed by atoms with Crippen molar-refractivity contribution >= 4 is 40.0 Å². The van der Waals surface area contributed by atoms with E-state index < -0.39 is 4.92 Å². The van der Waals surface area contributed by atoms with Gasteiger partial charge in [-0.1, -0.05) is 41.1 Å². The van der Waals surface area contributed by atoms with Crippen LogP contribution in [0.3, 0.4) is 0 Å². The van der Waals surface area contributed by atoms with Crippen LogP contribution in [-0.4, -0.2) is 21.3 Å². The topological polar surface area (TPSA) is 96.5 Å². The van der Waals surface area contributed by atoms with Gasteiger partial charge in [0.15, 0.2) is 11.9 Å². The molecule has 2 heterocycles. The van der Waals surface area contributed by atoms with Crippen molar-refractivity contribution in [3.8, 4) is 11.4 Å². The summed E-state index contributed by atoms with van der Waals surface area (Å²) in [4.78, 5) is 29.2. The van der Waals surface area contributed by atoms with E-state index in [0.29, 0.717) is 49.4 Å².